The Balaban J connectivity index is 3.10. The van der Waals surface area contributed by atoms with Crippen LogP contribution in [0, 0.1) is 9.49 Å². The highest BCUT2D eigenvalue weighted by atomic mass is 127. The standard InChI is InChI=1S/C13H19IO2/c1-10(9-16)13(2,6-7-15)11-4-3-5-12(14)8-11/h3-5,8,10,15-16H,6-7,9H2,1-2H3. The molecule has 0 aromatic heterocycles. The van der Waals surface area contributed by atoms with Crippen molar-refractivity contribution in [3.63, 3.8) is 0 Å². The van der Waals surface area contributed by atoms with Crippen LogP contribution in [0.2, 0.25) is 0 Å². The van der Waals surface area contributed by atoms with E-state index in [-0.39, 0.29) is 24.5 Å². The summed E-state index contributed by atoms with van der Waals surface area (Å²) in [5.74, 6) is 0.137. The SMILES string of the molecule is CC(CO)C(C)(CCO)c1cccc(I)c1. The Morgan fingerprint density at radius 1 is 1.38 bits per heavy atom. The maximum absolute atomic E-state index is 9.34. The molecule has 0 aliphatic heterocycles. The monoisotopic (exact) mass is 334 g/mol. The first-order valence-corrected chi connectivity index (χ1v) is 6.60. The predicted octanol–water partition coefficient (Wildman–Crippen LogP) is 2.56. The van der Waals surface area contributed by atoms with Gasteiger partial charge < -0.3 is 10.2 Å². The molecule has 0 radical (unpaired) electrons. The summed E-state index contributed by atoms with van der Waals surface area (Å²) in [7, 11) is 0. The predicted molar refractivity (Wildman–Crippen MR) is 74.5 cm³/mol. The maximum Gasteiger partial charge on any atom is 0.0465 e. The van der Waals surface area contributed by atoms with E-state index in [1.54, 1.807) is 0 Å². The molecule has 0 fully saturated rings. The van der Waals surface area contributed by atoms with Crippen molar-refractivity contribution in [1.29, 1.82) is 0 Å². The van der Waals surface area contributed by atoms with Crippen LogP contribution in [-0.2, 0) is 5.41 Å². The van der Waals surface area contributed by atoms with Crippen molar-refractivity contribution in [3.05, 3.63) is 33.4 Å². The summed E-state index contributed by atoms with van der Waals surface area (Å²) in [6, 6.07) is 8.27. The molecule has 2 nitrogen and oxygen atoms in total. The van der Waals surface area contributed by atoms with Gasteiger partial charge in [0.2, 0.25) is 0 Å². The largest absolute Gasteiger partial charge is 0.396 e. The fourth-order valence-electron chi connectivity index (χ4n) is 1.95. The van der Waals surface area contributed by atoms with Gasteiger partial charge in [0.05, 0.1) is 0 Å². The van der Waals surface area contributed by atoms with Crippen LogP contribution in [0.25, 0.3) is 0 Å². The highest BCUT2D eigenvalue weighted by Gasteiger charge is 2.32. The molecule has 1 aromatic rings. The summed E-state index contributed by atoms with van der Waals surface area (Å²) in [5.41, 5.74) is 1.03. The lowest BCUT2D eigenvalue weighted by Crippen LogP contribution is -2.33. The molecule has 0 aliphatic rings. The van der Waals surface area contributed by atoms with Gasteiger partial charge >= 0.3 is 0 Å². The molecule has 1 aromatic carbocycles. The Labute approximate surface area is 111 Å². The van der Waals surface area contributed by atoms with Crippen molar-refractivity contribution in [1.82, 2.24) is 0 Å². The zero-order valence-electron chi connectivity index (χ0n) is 9.78. The van der Waals surface area contributed by atoms with Crippen molar-refractivity contribution in [2.45, 2.75) is 25.7 Å². The lowest BCUT2D eigenvalue weighted by molar-refractivity contribution is 0.141. The van der Waals surface area contributed by atoms with Gasteiger partial charge in [0, 0.05) is 16.8 Å². The molecule has 2 atom stereocenters. The van der Waals surface area contributed by atoms with Gasteiger partial charge in [-0.15, -0.1) is 0 Å². The zero-order chi connectivity index (χ0) is 12.2. The molecule has 0 heterocycles. The number of benzene rings is 1. The lowest BCUT2D eigenvalue weighted by Gasteiger charge is -2.35. The van der Waals surface area contributed by atoms with Crippen LogP contribution in [-0.4, -0.2) is 23.4 Å². The van der Waals surface area contributed by atoms with E-state index in [1.165, 1.54) is 9.13 Å². The Hall–Kier alpha value is -0.130. The molecule has 2 N–H and O–H groups in total. The molecule has 2 unspecified atom stereocenters. The van der Waals surface area contributed by atoms with Gasteiger partial charge in [0.25, 0.3) is 0 Å². The molecule has 90 valence electrons. The molecule has 0 aliphatic carbocycles. The molecule has 1 rings (SSSR count). The van der Waals surface area contributed by atoms with Crippen molar-refractivity contribution >= 4 is 22.6 Å². The minimum absolute atomic E-state index is 0.137. The second-order valence-electron chi connectivity index (χ2n) is 4.49. The molecule has 16 heavy (non-hydrogen) atoms. The van der Waals surface area contributed by atoms with Gasteiger partial charge in [0.1, 0.15) is 0 Å². The van der Waals surface area contributed by atoms with Gasteiger partial charge in [-0.05, 0) is 58.0 Å². The molecular weight excluding hydrogens is 315 g/mol. The number of aliphatic hydroxyl groups excluding tert-OH is 2. The lowest BCUT2D eigenvalue weighted by atomic mass is 9.71. The number of rotatable bonds is 5. The van der Waals surface area contributed by atoms with E-state index in [9.17, 15) is 10.2 Å². The quantitative estimate of drug-likeness (QED) is 0.813. The van der Waals surface area contributed by atoms with E-state index in [0.29, 0.717) is 6.42 Å². The Morgan fingerprint density at radius 3 is 2.56 bits per heavy atom. The van der Waals surface area contributed by atoms with Crippen molar-refractivity contribution in [3.8, 4) is 0 Å². The van der Waals surface area contributed by atoms with Crippen molar-refractivity contribution in [2.75, 3.05) is 13.2 Å². The molecule has 0 saturated carbocycles. The van der Waals surface area contributed by atoms with Crippen LogP contribution in [0.3, 0.4) is 0 Å². The Bertz CT molecular complexity index is 340. The second kappa shape index (κ2) is 5.98. The number of aliphatic hydroxyl groups is 2. The fourth-order valence-corrected chi connectivity index (χ4v) is 2.50. The van der Waals surface area contributed by atoms with E-state index >= 15 is 0 Å². The van der Waals surface area contributed by atoms with Gasteiger partial charge in [-0.25, -0.2) is 0 Å². The number of hydrogen-bond acceptors (Lipinski definition) is 2. The summed E-state index contributed by atoms with van der Waals surface area (Å²) in [5, 5.41) is 18.5. The summed E-state index contributed by atoms with van der Waals surface area (Å²) in [6.07, 6.45) is 0.675. The summed E-state index contributed by atoms with van der Waals surface area (Å²) in [4.78, 5) is 0. The Morgan fingerprint density at radius 2 is 2.06 bits per heavy atom. The minimum atomic E-state index is -0.162. The maximum atomic E-state index is 9.34. The van der Waals surface area contributed by atoms with Crippen molar-refractivity contribution < 1.29 is 10.2 Å². The summed E-state index contributed by atoms with van der Waals surface area (Å²) < 4.78 is 1.18. The Kier molecular flexibility index (Phi) is 5.21. The van der Waals surface area contributed by atoms with E-state index in [1.807, 2.05) is 19.1 Å². The first-order chi connectivity index (χ1) is 7.54. The molecule has 0 spiro atoms. The van der Waals surface area contributed by atoms with Crippen LogP contribution >= 0.6 is 22.6 Å². The zero-order valence-corrected chi connectivity index (χ0v) is 11.9. The van der Waals surface area contributed by atoms with E-state index in [4.69, 9.17) is 0 Å². The third-order valence-corrected chi connectivity index (χ3v) is 4.15. The fraction of sp³-hybridized carbons (Fsp3) is 0.538. The second-order valence-corrected chi connectivity index (χ2v) is 5.73. The van der Waals surface area contributed by atoms with Crippen LogP contribution in [0.15, 0.2) is 24.3 Å². The average Bonchev–Trinajstić information content (AvgIpc) is 2.28. The molecular formula is C13H19IO2. The minimum Gasteiger partial charge on any atom is -0.396 e. The van der Waals surface area contributed by atoms with Crippen molar-refractivity contribution in [2.24, 2.45) is 5.92 Å². The highest BCUT2D eigenvalue weighted by Crippen LogP contribution is 2.35. The summed E-state index contributed by atoms with van der Waals surface area (Å²) in [6.45, 7) is 4.42. The third kappa shape index (κ3) is 2.96. The highest BCUT2D eigenvalue weighted by molar-refractivity contribution is 14.1. The van der Waals surface area contributed by atoms with E-state index in [2.05, 4.69) is 41.6 Å². The molecule has 3 heteroatoms. The first kappa shape index (κ1) is 13.9. The summed E-state index contributed by atoms with van der Waals surface area (Å²) >= 11 is 2.28. The van der Waals surface area contributed by atoms with Gasteiger partial charge in [-0.3, -0.25) is 0 Å². The molecule has 0 saturated heterocycles. The van der Waals surface area contributed by atoms with Crippen LogP contribution in [0.5, 0.6) is 0 Å². The van der Waals surface area contributed by atoms with Gasteiger partial charge in [0.15, 0.2) is 0 Å². The molecule has 0 bridgehead atoms. The third-order valence-electron chi connectivity index (χ3n) is 3.48. The number of halogens is 1. The molecule has 0 amide bonds. The number of hydrogen-bond donors (Lipinski definition) is 2. The average molecular weight is 334 g/mol. The van der Waals surface area contributed by atoms with Gasteiger partial charge in [-0.1, -0.05) is 26.0 Å². The van der Waals surface area contributed by atoms with E-state index < -0.39 is 0 Å². The van der Waals surface area contributed by atoms with Gasteiger partial charge in [-0.2, -0.15) is 0 Å². The van der Waals surface area contributed by atoms with Crippen LogP contribution in [0.1, 0.15) is 25.8 Å². The van der Waals surface area contributed by atoms with Crippen LogP contribution < -0.4 is 0 Å². The van der Waals surface area contributed by atoms with Crippen LogP contribution in [0.4, 0.5) is 0 Å². The smallest absolute Gasteiger partial charge is 0.0465 e. The normalized spacial score (nSPS) is 16.8. The van der Waals surface area contributed by atoms with E-state index in [0.717, 1.165) is 0 Å². The topological polar surface area (TPSA) is 40.5 Å². The first-order valence-electron chi connectivity index (χ1n) is 5.52.